The van der Waals surface area contributed by atoms with Gasteiger partial charge in [-0.2, -0.15) is 0 Å². The van der Waals surface area contributed by atoms with Crippen LogP contribution in [-0.2, 0) is 10.9 Å². The molecule has 0 saturated heterocycles. The molecule has 1 aromatic rings. The van der Waals surface area contributed by atoms with Crippen molar-refractivity contribution >= 4 is 8.15 Å². The predicted molar refractivity (Wildman–Crippen MR) is 59.5 cm³/mol. The van der Waals surface area contributed by atoms with Gasteiger partial charge in [-0.1, -0.05) is 30.3 Å². The molecule has 0 bridgehead atoms. The fraction of sp³-hybridized carbons (Fsp3) is 0.455. The van der Waals surface area contributed by atoms with Gasteiger partial charge in [0.2, 0.25) is 0 Å². The van der Waals surface area contributed by atoms with Crippen molar-refractivity contribution in [2.24, 2.45) is 0 Å². The number of hydrogen-bond donors (Lipinski definition) is 0. The molecule has 1 aromatic carbocycles. The Labute approximate surface area is 82.0 Å². The van der Waals surface area contributed by atoms with Gasteiger partial charge < -0.3 is 4.52 Å². The van der Waals surface area contributed by atoms with Gasteiger partial charge in [0.05, 0.1) is 6.61 Å². The molecule has 0 radical (unpaired) electrons. The zero-order chi connectivity index (χ0) is 9.52. The molecule has 2 heteroatoms. The first-order valence-electron chi connectivity index (χ1n) is 4.63. The Hall–Kier alpha value is -0.390. The predicted octanol–water partition coefficient (Wildman–Crippen LogP) is 3.29. The van der Waals surface area contributed by atoms with Crippen LogP contribution in [0.5, 0.6) is 0 Å². The second kappa shape index (κ2) is 6.12. The quantitative estimate of drug-likeness (QED) is 0.518. The first-order chi connectivity index (χ1) is 6.29. The summed E-state index contributed by atoms with van der Waals surface area (Å²) in [6.07, 6.45) is 2.26. The molecular formula is C11H17OP. The van der Waals surface area contributed by atoms with E-state index in [2.05, 4.69) is 43.7 Å². The Morgan fingerprint density at radius 2 is 1.85 bits per heavy atom. The average molecular weight is 196 g/mol. The maximum atomic E-state index is 5.53. The molecule has 0 fully saturated rings. The summed E-state index contributed by atoms with van der Waals surface area (Å²) >= 11 is 0. The Kier molecular flexibility index (Phi) is 5.03. The largest absolute Gasteiger partial charge is 0.360 e. The number of aryl methyl sites for hydroxylation is 1. The highest BCUT2D eigenvalue weighted by atomic mass is 31.1. The normalized spacial score (nSPS) is 10.7. The van der Waals surface area contributed by atoms with Gasteiger partial charge in [-0.25, -0.2) is 0 Å². The minimum absolute atomic E-state index is 0.181. The monoisotopic (exact) mass is 196 g/mol. The Morgan fingerprint density at radius 1 is 1.15 bits per heavy atom. The summed E-state index contributed by atoms with van der Waals surface area (Å²) < 4.78 is 5.53. The van der Waals surface area contributed by atoms with E-state index in [1.165, 1.54) is 5.56 Å². The lowest BCUT2D eigenvalue weighted by Gasteiger charge is -2.06. The van der Waals surface area contributed by atoms with E-state index < -0.39 is 0 Å². The molecule has 0 unspecified atom stereocenters. The van der Waals surface area contributed by atoms with Crippen molar-refractivity contribution in [3.05, 3.63) is 35.9 Å². The topological polar surface area (TPSA) is 9.23 Å². The molecule has 1 rings (SSSR count). The Morgan fingerprint density at radius 3 is 2.46 bits per heavy atom. The number of benzene rings is 1. The first-order valence-corrected chi connectivity index (χ1v) is 6.78. The molecule has 0 aliphatic rings. The zero-order valence-corrected chi connectivity index (χ0v) is 9.26. The summed E-state index contributed by atoms with van der Waals surface area (Å²) in [5, 5.41) is 0. The molecule has 72 valence electrons. The van der Waals surface area contributed by atoms with E-state index in [0.29, 0.717) is 0 Å². The molecule has 0 aliphatic heterocycles. The maximum Gasteiger partial charge on any atom is 0.0511 e. The molecule has 0 saturated carbocycles. The van der Waals surface area contributed by atoms with Crippen LogP contribution in [0.3, 0.4) is 0 Å². The lowest BCUT2D eigenvalue weighted by molar-refractivity contribution is 0.348. The van der Waals surface area contributed by atoms with Crippen molar-refractivity contribution in [1.29, 1.82) is 0 Å². The van der Waals surface area contributed by atoms with Crippen molar-refractivity contribution in [2.75, 3.05) is 19.9 Å². The van der Waals surface area contributed by atoms with E-state index in [9.17, 15) is 0 Å². The van der Waals surface area contributed by atoms with Crippen molar-refractivity contribution < 1.29 is 4.52 Å². The summed E-state index contributed by atoms with van der Waals surface area (Å²) in [5.74, 6) is 0. The van der Waals surface area contributed by atoms with Gasteiger partial charge in [-0.05, 0) is 31.7 Å². The second-order valence-corrected chi connectivity index (χ2v) is 5.12. The van der Waals surface area contributed by atoms with Gasteiger partial charge >= 0.3 is 0 Å². The van der Waals surface area contributed by atoms with Crippen molar-refractivity contribution in [2.45, 2.75) is 12.8 Å². The van der Waals surface area contributed by atoms with E-state index in [1.807, 2.05) is 0 Å². The van der Waals surface area contributed by atoms with Gasteiger partial charge in [0.1, 0.15) is 0 Å². The molecule has 0 spiro atoms. The maximum absolute atomic E-state index is 5.53. The number of rotatable bonds is 5. The van der Waals surface area contributed by atoms with Gasteiger partial charge in [0.25, 0.3) is 0 Å². The van der Waals surface area contributed by atoms with Gasteiger partial charge in [-0.15, -0.1) is 0 Å². The van der Waals surface area contributed by atoms with Crippen molar-refractivity contribution in [1.82, 2.24) is 0 Å². The standard InChI is InChI=1S/C11H17OP/c1-13(2)12-10-6-9-11-7-4-3-5-8-11/h3-5,7-8H,6,9-10H2,1-2H3. The van der Waals surface area contributed by atoms with Gasteiger partial charge in [0.15, 0.2) is 0 Å². The summed E-state index contributed by atoms with van der Waals surface area (Å²) in [6.45, 7) is 5.17. The molecule has 0 N–H and O–H groups in total. The van der Waals surface area contributed by atoms with Crippen LogP contribution in [-0.4, -0.2) is 19.9 Å². The highest BCUT2D eigenvalue weighted by Gasteiger charge is 1.94. The third kappa shape index (κ3) is 5.02. The van der Waals surface area contributed by atoms with Crippen LogP contribution in [0.2, 0.25) is 0 Å². The van der Waals surface area contributed by atoms with Crippen molar-refractivity contribution in [3.63, 3.8) is 0 Å². The second-order valence-electron chi connectivity index (χ2n) is 3.23. The van der Waals surface area contributed by atoms with E-state index >= 15 is 0 Å². The Bertz CT molecular complexity index is 221. The van der Waals surface area contributed by atoms with Crippen LogP contribution in [0.1, 0.15) is 12.0 Å². The first kappa shape index (κ1) is 10.7. The molecule has 0 amide bonds. The van der Waals surface area contributed by atoms with Crippen LogP contribution in [0.15, 0.2) is 30.3 Å². The van der Waals surface area contributed by atoms with Crippen LogP contribution in [0, 0.1) is 0 Å². The summed E-state index contributed by atoms with van der Waals surface area (Å²) in [6, 6.07) is 10.6. The van der Waals surface area contributed by atoms with E-state index in [0.717, 1.165) is 19.4 Å². The molecule has 13 heavy (non-hydrogen) atoms. The summed E-state index contributed by atoms with van der Waals surface area (Å²) in [4.78, 5) is 0. The fourth-order valence-corrected chi connectivity index (χ4v) is 1.66. The minimum atomic E-state index is -0.181. The van der Waals surface area contributed by atoms with Crippen LogP contribution < -0.4 is 0 Å². The van der Waals surface area contributed by atoms with Gasteiger partial charge in [0, 0.05) is 8.15 Å². The van der Waals surface area contributed by atoms with Crippen LogP contribution in [0.25, 0.3) is 0 Å². The third-order valence-corrected chi connectivity index (χ3v) is 2.50. The molecule has 0 aliphatic carbocycles. The molecule has 0 aromatic heterocycles. The van der Waals surface area contributed by atoms with Crippen LogP contribution in [0.4, 0.5) is 0 Å². The van der Waals surface area contributed by atoms with Crippen molar-refractivity contribution in [3.8, 4) is 0 Å². The van der Waals surface area contributed by atoms with Gasteiger partial charge in [-0.3, -0.25) is 0 Å². The molecule has 0 atom stereocenters. The third-order valence-electron chi connectivity index (χ3n) is 1.80. The highest BCUT2D eigenvalue weighted by Crippen LogP contribution is 2.25. The molecular weight excluding hydrogens is 179 g/mol. The van der Waals surface area contributed by atoms with E-state index in [-0.39, 0.29) is 8.15 Å². The SMILES string of the molecule is CP(C)OCCCc1ccccc1. The van der Waals surface area contributed by atoms with E-state index in [4.69, 9.17) is 4.52 Å². The molecule has 1 nitrogen and oxygen atoms in total. The lowest BCUT2D eigenvalue weighted by atomic mass is 10.1. The van der Waals surface area contributed by atoms with Crippen LogP contribution >= 0.6 is 8.15 Å². The summed E-state index contributed by atoms with van der Waals surface area (Å²) in [5.41, 5.74) is 1.41. The minimum Gasteiger partial charge on any atom is -0.360 e. The molecule has 0 heterocycles. The summed E-state index contributed by atoms with van der Waals surface area (Å²) in [7, 11) is -0.181. The van der Waals surface area contributed by atoms with E-state index in [1.54, 1.807) is 0 Å². The zero-order valence-electron chi connectivity index (χ0n) is 8.36. The smallest absolute Gasteiger partial charge is 0.0511 e. The highest BCUT2D eigenvalue weighted by molar-refractivity contribution is 7.50. The average Bonchev–Trinajstić information content (AvgIpc) is 2.14. The lowest BCUT2D eigenvalue weighted by Crippen LogP contribution is -1.92. The number of hydrogen-bond acceptors (Lipinski definition) is 1. The fourth-order valence-electron chi connectivity index (χ4n) is 1.17. The Balaban J connectivity index is 2.13.